The number of hydrogen-bond acceptors (Lipinski definition) is 2. The van der Waals surface area contributed by atoms with Gasteiger partial charge in [-0.1, -0.05) is 47.7 Å². The minimum absolute atomic E-state index is 0.391. The molecular weight excluding hydrogens is 282 g/mol. The SMILES string of the molecule is Nc1ncc(-c2ccccc2C#Cc2cccc(Cl)c2)[nH]1. The van der Waals surface area contributed by atoms with E-state index >= 15 is 0 Å². The van der Waals surface area contributed by atoms with Crippen LogP contribution in [0, 0.1) is 11.8 Å². The van der Waals surface area contributed by atoms with E-state index in [1.54, 1.807) is 6.20 Å². The first-order valence-corrected chi connectivity index (χ1v) is 6.77. The van der Waals surface area contributed by atoms with Crippen molar-refractivity contribution in [2.45, 2.75) is 0 Å². The number of hydrogen-bond donors (Lipinski definition) is 2. The zero-order chi connectivity index (χ0) is 14.7. The van der Waals surface area contributed by atoms with E-state index in [4.69, 9.17) is 17.3 Å². The summed E-state index contributed by atoms with van der Waals surface area (Å²) in [5.41, 5.74) is 9.23. The molecule has 0 atom stereocenters. The molecule has 102 valence electrons. The van der Waals surface area contributed by atoms with Gasteiger partial charge in [0.2, 0.25) is 0 Å². The summed E-state index contributed by atoms with van der Waals surface area (Å²) in [5, 5.41) is 0.677. The summed E-state index contributed by atoms with van der Waals surface area (Å²) in [6.45, 7) is 0. The Morgan fingerprint density at radius 1 is 1.05 bits per heavy atom. The van der Waals surface area contributed by atoms with E-state index in [0.29, 0.717) is 11.0 Å². The third-order valence-electron chi connectivity index (χ3n) is 2.98. The van der Waals surface area contributed by atoms with Crippen molar-refractivity contribution in [1.29, 1.82) is 0 Å². The summed E-state index contributed by atoms with van der Waals surface area (Å²) in [6.07, 6.45) is 1.70. The van der Waals surface area contributed by atoms with Gasteiger partial charge in [0, 0.05) is 21.7 Å². The Morgan fingerprint density at radius 3 is 2.67 bits per heavy atom. The number of anilines is 1. The van der Waals surface area contributed by atoms with Crippen LogP contribution >= 0.6 is 11.6 Å². The number of nitrogens with one attached hydrogen (secondary N) is 1. The van der Waals surface area contributed by atoms with Gasteiger partial charge in [-0.3, -0.25) is 0 Å². The van der Waals surface area contributed by atoms with Gasteiger partial charge in [0.05, 0.1) is 11.9 Å². The largest absolute Gasteiger partial charge is 0.369 e. The summed E-state index contributed by atoms with van der Waals surface area (Å²) in [7, 11) is 0. The van der Waals surface area contributed by atoms with Crippen LogP contribution < -0.4 is 5.73 Å². The number of aromatic amines is 1. The molecular formula is C17H12ClN3. The summed E-state index contributed by atoms with van der Waals surface area (Å²) in [6, 6.07) is 15.3. The Kier molecular flexibility index (Phi) is 3.63. The Bertz CT molecular complexity index is 840. The van der Waals surface area contributed by atoms with Gasteiger partial charge in [0.25, 0.3) is 0 Å². The van der Waals surface area contributed by atoms with Crippen LogP contribution in [0.5, 0.6) is 0 Å². The fourth-order valence-corrected chi connectivity index (χ4v) is 2.20. The molecule has 0 radical (unpaired) electrons. The number of H-pyrrole nitrogens is 1. The average molecular weight is 294 g/mol. The first kappa shape index (κ1) is 13.3. The molecule has 1 aromatic heterocycles. The van der Waals surface area contributed by atoms with Gasteiger partial charge < -0.3 is 10.7 Å². The zero-order valence-corrected chi connectivity index (χ0v) is 11.9. The van der Waals surface area contributed by atoms with Crippen molar-refractivity contribution >= 4 is 17.5 Å². The van der Waals surface area contributed by atoms with Crippen LogP contribution in [0.1, 0.15) is 11.1 Å². The summed E-state index contributed by atoms with van der Waals surface area (Å²) < 4.78 is 0. The molecule has 3 N–H and O–H groups in total. The highest BCUT2D eigenvalue weighted by molar-refractivity contribution is 6.30. The smallest absolute Gasteiger partial charge is 0.197 e. The standard InChI is InChI=1S/C17H12ClN3/c18-14-6-3-4-12(10-14)8-9-13-5-1-2-7-15(13)16-11-20-17(19)21-16/h1-7,10-11H,(H3,19,20,21). The number of nitrogens with two attached hydrogens (primary N) is 1. The lowest BCUT2D eigenvalue weighted by Gasteiger charge is -2.01. The Labute approximate surface area is 127 Å². The first-order valence-electron chi connectivity index (χ1n) is 6.40. The highest BCUT2D eigenvalue weighted by Gasteiger charge is 2.05. The second-order valence-corrected chi connectivity index (χ2v) is 4.92. The molecule has 3 rings (SSSR count). The molecule has 0 saturated carbocycles. The maximum Gasteiger partial charge on any atom is 0.197 e. The van der Waals surface area contributed by atoms with Crippen molar-refractivity contribution < 1.29 is 0 Å². The third kappa shape index (κ3) is 3.07. The third-order valence-corrected chi connectivity index (χ3v) is 3.21. The van der Waals surface area contributed by atoms with Gasteiger partial charge in [0.15, 0.2) is 5.95 Å². The average Bonchev–Trinajstić information content (AvgIpc) is 2.92. The number of halogens is 1. The van der Waals surface area contributed by atoms with E-state index in [9.17, 15) is 0 Å². The molecule has 0 aliphatic rings. The predicted octanol–water partition coefficient (Wildman–Crippen LogP) is 3.71. The van der Waals surface area contributed by atoms with E-state index in [1.807, 2.05) is 48.5 Å². The monoisotopic (exact) mass is 293 g/mol. The maximum absolute atomic E-state index is 5.96. The molecule has 0 aliphatic carbocycles. The number of aromatic nitrogens is 2. The molecule has 0 spiro atoms. The van der Waals surface area contributed by atoms with E-state index in [0.717, 1.165) is 22.4 Å². The second-order valence-electron chi connectivity index (χ2n) is 4.49. The van der Waals surface area contributed by atoms with E-state index in [2.05, 4.69) is 21.8 Å². The van der Waals surface area contributed by atoms with Crippen molar-refractivity contribution in [1.82, 2.24) is 9.97 Å². The fraction of sp³-hybridized carbons (Fsp3) is 0. The zero-order valence-electron chi connectivity index (χ0n) is 11.1. The van der Waals surface area contributed by atoms with E-state index in [1.165, 1.54) is 0 Å². The number of nitrogens with zero attached hydrogens (tertiary/aromatic N) is 1. The summed E-state index contributed by atoms with van der Waals surface area (Å²) in [4.78, 5) is 7.04. The lowest BCUT2D eigenvalue weighted by Crippen LogP contribution is -1.87. The van der Waals surface area contributed by atoms with Crippen molar-refractivity contribution in [3.63, 3.8) is 0 Å². The molecule has 0 fully saturated rings. The minimum Gasteiger partial charge on any atom is -0.369 e. The lowest BCUT2D eigenvalue weighted by atomic mass is 10.1. The quantitative estimate of drug-likeness (QED) is 0.672. The van der Waals surface area contributed by atoms with Crippen molar-refractivity contribution in [3.8, 4) is 23.1 Å². The second kappa shape index (κ2) is 5.74. The molecule has 3 aromatic rings. The molecule has 21 heavy (non-hydrogen) atoms. The number of benzene rings is 2. The van der Waals surface area contributed by atoms with Crippen LogP contribution in [-0.4, -0.2) is 9.97 Å². The Hall–Kier alpha value is -2.70. The van der Waals surface area contributed by atoms with Crippen LogP contribution in [0.4, 0.5) is 5.95 Å². The molecule has 2 aromatic carbocycles. The van der Waals surface area contributed by atoms with Crippen LogP contribution in [-0.2, 0) is 0 Å². The maximum atomic E-state index is 5.96. The summed E-state index contributed by atoms with van der Waals surface area (Å²) >= 11 is 5.96. The summed E-state index contributed by atoms with van der Waals surface area (Å²) in [5.74, 6) is 6.68. The van der Waals surface area contributed by atoms with Crippen LogP contribution in [0.15, 0.2) is 54.7 Å². The first-order chi connectivity index (χ1) is 10.2. The molecule has 0 bridgehead atoms. The Balaban J connectivity index is 2.01. The van der Waals surface area contributed by atoms with Gasteiger partial charge in [-0.25, -0.2) is 4.98 Å². The number of nitrogen functional groups attached to an aromatic ring is 1. The molecule has 0 aliphatic heterocycles. The van der Waals surface area contributed by atoms with E-state index < -0.39 is 0 Å². The highest BCUT2D eigenvalue weighted by atomic mass is 35.5. The van der Waals surface area contributed by atoms with Gasteiger partial charge in [0.1, 0.15) is 0 Å². The lowest BCUT2D eigenvalue weighted by molar-refractivity contribution is 1.32. The van der Waals surface area contributed by atoms with Crippen molar-refractivity contribution in [2.75, 3.05) is 5.73 Å². The van der Waals surface area contributed by atoms with Crippen molar-refractivity contribution in [3.05, 3.63) is 70.9 Å². The Morgan fingerprint density at radius 2 is 1.90 bits per heavy atom. The van der Waals surface area contributed by atoms with Crippen LogP contribution in [0.3, 0.4) is 0 Å². The normalized spacial score (nSPS) is 9.95. The topological polar surface area (TPSA) is 54.7 Å². The van der Waals surface area contributed by atoms with Crippen LogP contribution in [0.25, 0.3) is 11.3 Å². The fourth-order valence-electron chi connectivity index (χ4n) is 2.01. The molecule has 0 saturated heterocycles. The van der Waals surface area contributed by atoms with Crippen molar-refractivity contribution in [2.24, 2.45) is 0 Å². The van der Waals surface area contributed by atoms with Gasteiger partial charge >= 0.3 is 0 Å². The van der Waals surface area contributed by atoms with E-state index in [-0.39, 0.29) is 0 Å². The highest BCUT2D eigenvalue weighted by Crippen LogP contribution is 2.21. The molecule has 0 unspecified atom stereocenters. The number of rotatable bonds is 1. The van der Waals surface area contributed by atoms with Gasteiger partial charge in [-0.2, -0.15) is 0 Å². The minimum atomic E-state index is 0.391. The number of imidazole rings is 1. The van der Waals surface area contributed by atoms with Crippen LogP contribution in [0.2, 0.25) is 5.02 Å². The molecule has 1 heterocycles. The molecule has 4 heteroatoms. The van der Waals surface area contributed by atoms with Gasteiger partial charge in [-0.15, -0.1) is 0 Å². The molecule has 3 nitrogen and oxygen atoms in total. The molecule has 0 amide bonds. The predicted molar refractivity (Wildman–Crippen MR) is 85.9 cm³/mol. The van der Waals surface area contributed by atoms with Gasteiger partial charge in [-0.05, 0) is 24.3 Å².